The van der Waals surface area contributed by atoms with Crippen LogP contribution in [0.1, 0.15) is 42.7 Å². The van der Waals surface area contributed by atoms with Gasteiger partial charge in [-0.1, -0.05) is 0 Å². The first-order chi connectivity index (χ1) is 11.7. The second kappa shape index (κ2) is 6.80. The summed E-state index contributed by atoms with van der Waals surface area (Å²) in [6.45, 7) is 1.94. The molecule has 1 aromatic heterocycles. The van der Waals surface area contributed by atoms with Gasteiger partial charge in [-0.05, 0) is 38.5 Å². The molecule has 0 radical (unpaired) electrons. The third-order valence-corrected chi connectivity index (χ3v) is 6.31. The second-order valence-electron chi connectivity index (χ2n) is 6.88. The minimum Gasteiger partial charge on any atom is -0.381 e. The van der Waals surface area contributed by atoms with Crippen LogP contribution >= 0.6 is 11.3 Å². The maximum atomic E-state index is 12.6. The molecule has 3 aliphatic rings. The minimum absolute atomic E-state index is 0.0657. The number of carbonyl (C=O) groups is 2. The van der Waals surface area contributed by atoms with Gasteiger partial charge in [0, 0.05) is 37.1 Å². The Morgan fingerprint density at radius 2 is 2.04 bits per heavy atom. The maximum absolute atomic E-state index is 12.6. The van der Waals surface area contributed by atoms with Gasteiger partial charge in [0.15, 0.2) is 5.13 Å². The lowest BCUT2D eigenvalue weighted by molar-refractivity contribution is -0.131. The van der Waals surface area contributed by atoms with Crippen molar-refractivity contribution in [3.63, 3.8) is 0 Å². The molecule has 0 saturated carbocycles. The smallest absolute Gasteiger partial charge is 0.231 e. The van der Waals surface area contributed by atoms with Gasteiger partial charge in [0.2, 0.25) is 11.8 Å². The van der Waals surface area contributed by atoms with Crippen LogP contribution in [0.15, 0.2) is 0 Å². The molecule has 2 amide bonds. The maximum Gasteiger partial charge on any atom is 0.231 e. The zero-order valence-electron chi connectivity index (χ0n) is 13.8. The van der Waals surface area contributed by atoms with E-state index in [4.69, 9.17) is 4.74 Å². The molecule has 0 bridgehead atoms. The summed E-state index contributed by atoms with van der Waals surface area (Å²) in [5.74, 6) is -0.231. The van der Waals surface area contributed by atoms with Gasteiger partial charge in [0.1, 0.15) is 0 Å². The van der Waals surface area contributed by atoms with E-state index < -0.39 is 0 Å². The van der Waals surface area contributed by atoms with Crippen molar-refractivity contribution in [1.82, 2.24) is 9.88 Å². The van der Waals surface area contributed by atoms with Crippen molar-refractivity contribution in [2.75, 3.05) is 25.1 Å². The largest absolute Gasteiger partial charge is 0.381 e. The van der Waals surface area contributed by atoms with Crippen LogP contribution in [0.2, 0.25) is 0 Å². The van der Waals surface area contributed by atoms with Crippen LogP contribution in [0.5, 0.6) is 0 Å². The Bertz CT molecular complexity index is 616. The molecule has 130 valence electrons. The third kappa shape index (κ3) is 3.19. The number of amides is 2. The van der Waals surface area contributed by atoms with Crippen molar-refractivity contribution in [2.45, 2.75) is 51.0 Å². The van der Waals surface area contributed by atoms with Crippen LogP contribution in [0, 0.1) is 5.92 Å². The number of nitrogens with zero attached hydrogens (tertiary/aromatic N) is 2. The predicted octanol–water partition coefficient (Wildman–Crippen LogP) is 1.99. The number of aryl methyl sites for hydroxylation is 2. The van der Waals surface area contributed by atoms with Crippen LogP contribution in [-0.4, -0.2) is 47.5 Å². The molecule has 2 saturated heterocycles. The predicted molar refractivity (Wildman–Crippen MR) is 91.0 cm³/mol. The normalized spacial score (nSPS) is 24.9. The molecule has 4 rings (SSSR count). The number of ether oxygens (including phenoxy) is 1. The van der Waals surface area contributed by atoms with Gasteiger partial charge in [0.05, 0.1) is 11.6 Å². The van der Waals surface area contributed by atoms with E-state index >= 15 is 0 Å². The van der Waals surface area contributed by atoms with Gasteiger partial charge in [-0.2, -0.15) is 0 Å². The molecule has 1 N–H and O–H groups in total. The first-order valence-corrected chi connectivity index (χ1v) is 9.69. The number of carbonyl (C=O) groups excluding carboxylic acids is 2. The molecule has 3 heterocycles. The van der Waals surface area contributed by atoms with Gasteiger partial charge in [-0.25, -0.2) is 4.98 Å². The molecule has 7 heteroatoms. The van der Waals surface area contributed by atoms with Gasteiger partial charge in [-0.15, -0.1) is 11.3 Å². The number of anilines is 1. The van der Waals surface area contributed by atoms with E-state index in [1.807, 2.05) is 4.90 Å². The average molecular weight is 349 g/mol. The Balaban J connectivity index is 1.38. The molecular formula is C17H23N3O3S. The zero-order chi connectivity index (χ0) is 16.5. The third-order valence-electron chi connectivity index (χ3n) is 5.24. The number of aromatic nitrogens is 1. The topological polar surface area (TPSA) is 71.5 Å². The van der Waals surface area contributed by atoms with Gasteiger partial charge in [-0.3, -0.25) is 9.59 Å². The van der Waals surface area contributed by atoms with E-state index in [0.29, 0.717) is 31.3 Å². The van der Waals surface area contributed by atoms with Gasteiger partial charge >= 0.3 is 0 Å². The van der Waals surface area contributed by atoms with E-state index in [9.17, 15) is 9.59 Å². The number of hydrogen-bond acceptors (Lipinski definition) is 5. The molecule has 1 aromatic rings. The van der Waals surface area contributed by atoms with E-state index in [2.05, 4.69) is 10.3 Å². The lowest BCUT2D eigenvalue weighted by atomic mass is 10.0. The first-order valence-electron chi connectivity index (χ1n) is 8.87. The fraction of sp³-hybridized carbons (Fsp3) is 0.706. The number of likely N-dealkylation sites (tertiary alicyclic amines) is 1. The SMILES string of the molecule is O=C(Nc1nc2c(s1)CCCC2)[C@H]1CC(=O)N(C2CCOCC2)C1. The van der Waals surface area contributed by atoms with Crippen molar-refractivity contribution >= 4 is 28.3 Å². The summed E-state index contributed by atoms with van der Waals surface area (Å²) in [5, 5.41) is 3.65. The van der Waals surface area contributed by atoms with Crippen molar-refractivity contribution in [3.05, 3.63) is 10.6 Å². The van der Waals surface area contributed by atoms with Gasteiger partial charge in [0.25, 0.3) is 0 Å². The van der Waals surface area contributed by atoms with Crippen LogP contribution in [0.3, 0.4) is 0 Å². The van der Waals surface area contributed by atoms with E-state index in [-0.39, 0.29) is 23.8 Å². The van der Waals surface area contributed by atoms with E-state index in [1.54, 1.807) is 11.3 Å². The summed E-state index contributed by atoms with van der Waals surface area (Å²) >= 11 is 1.59. The fourth-order valence-electron chi connectivity index (χ4n) is 3.87. The Hall–Kier alpha value is -1.47. The minimum atomic E-state index is -0.263. The summed E-state index contributed by atoms with van der Waals surface area (Å²) in [6, 6.07) is 0.233. The summed E-state index contributed by atoms with van der Waals surface area (Å²) in [7, 11) is 0. The fourth-order valence-corrected chi connectivity index (χ4v) is 4.92. The number of rotatable bonds is 3. The average Bonchev–Trinajstić information content (AvgIpc) is 3.18. The Morgan fingerprint density at radius 3 is 2.83 bits per heavy atom. The molecule has 0 spiro atoms. The molecule has 6 nitrogen and oxygen atoms in total. The summed E-state index contributed by atoms with van der Waals surface area (Å²) in [4.78, 5) is 32.6. The van der Waals surface area contributed by atoms with Crippen LogP contribution in [-0.2, 0) is 27.2 Å². The molecule has 0 aromatic carbocycles. The van der Waals surface area contributed by atoms with Gasteiger partial charge < -0.3 is 15.0 Å². The Labute approximate surface area is 145 Å². The number of nitrogens with one attached hydrogen (secondary N) is 1. The number of fused-ring (bicyclic) bond motifs is 1. The van der Waals surface area contributed by atoms with Crippen molar-refractivity contribution in [2.24, 2.45) is 5.92 Å². The number of thiazole rings is 1. The highest BCUT2D eigenvalue weighted by Gasteiger charge is 2.38. The van der Waals surface area contributed by atoms with E-state index in [1.165, 1.54) is 17.7 Å². The summed E-state index contributed by atoms with van der Waals surface area (Å²) < 4.78 is 5.36. The van der Waals surface area contributed by atoms with Crippen molar-refractivity contribution in [3.8, 4) is 0 Å². The highest BCUT2D eigenvalue weighted by atomic mass is 32.1. The summed E-state index contributed by atoms with van der Waals surface area (Å²) in [5.41, 5.74) is 1.15. The highest BCUT2D eigenvalue weighted by molar-refractivity contribution is 7.15. The molecule has 1 atom stereocenters. The molecule has 0 unspecified atom stereocenters. The molecular weight excluding hydrogens is 326 g/mol. The Kier molecular flexibility index (Phi) is 4.54. The van der Waals surface area contributed by atoms with Crippen molar-refractivity contribution in [1.29, 1.82) is 0 Å². The van der Waals surface area contributed by atoms with Crippen LogP contribution in [0.4, 0.5) is 5.13 Å². The van der Waals surface area contributed by atoms with Crippen LogP contribution in [0.25, 0.3) is 0 Å². The molecule has 1 aliphatic carbocycles. The summed E-state index contributed by atoms with van der Waals surface area (Å²) in [6.07, 6.45) is 6.54. The quantitative estimate of drug-likeness (QED) is 0.906. The molecule has 24 heavy (non-hydrogen) atoms. The van der Waals surface area contributed by atoms with Crippen molar-refractivity contribution < 1.29 is 14.3 Å². The molecule has 2 fully saturated rings. The molecule has 2 aliphatic heterocycles. The van der Waals surface area contributed by atoms with E-state index in [0.717, 1.165) is 31.4 Å². The Morgan fingerprint density at radius 1 is 1.25 bits per heavy atom. The first kappa shape index (κ1) is 16.0. The van der Waals surface area contributed by atoms with Crippen LogP contribution < -0.4 is 5.32 Å². The standard InChI is InChI=1S/C17H23N3O3S/c21-15-9-11(10-20(15)12-5-7-23-8-6-12)16(22)19-17-18-13-3-1-2-4-14(13)24-17/h11-12H,1-10H2,(H,18,19,22)/t11-/m0/s1. The lowest BCUT2D eigenvalue weighted by Crippen LogP contribution is -2.41. The lowest BCUT2D eigenvalue weighted by Gasteiger charge is -2.31. The highest BCUT2D eigenvalue weighted by Crippen LogP contribution is 2.31. The zero-order valence-corrected chi connectivity index (χ0v) is 14.6. The monoisotopic (exact) mass is 349 g/mol. The number of hydrogen-bond donors (Lipinski definition) is 1. The second-order valence-corrected chi connectivity index (χ2v) is 7.96.